The van der Waals surface area contributed by atoms with Gasteiger partial charge in [-0.05, 0) is 105 Å². The molecule has 0 amide bonds. The minimum absolute atomic E-state index is 0.0123. The largest absolute Gasteiger partial charge is 0.455 e. The highest BCUT2D eigenvalue weighted by Crippen LogP contribution is 2.46. The fourth-order valence-corrected chi connectivity index (χ4v) is 8.38. The molecule has 2 heterocycles. The maximum atomic E-state index is 10.1. The lowest BCUT2D eigenvalue weighted by Gasteiger charge is -2.27. The van der Waals surface area contributed by atoms with Crippen molar-refractivity contribution in [2.45, 2.75) is 0 Å². The first-order chi connectivity index (χ1) is 32.6. The van der Waals surface area contributed by atoms with E-state index in [9.17, 15) is 11.0 Å². The number of benzene rings is 10. The molecule has 3 nitrogen and oxygen atoms in total. The maximum Gasteiger partial charge on any atom is 0.143 e. The third-order valence-corrected chi connectivity index (χ3v) is 11.2. The van der Waals surface area contributed by atoms with Gasteiger partial charge < -0.3 is 13.7 Å². The molecule has 12 rings (SSSR count). The van der Waals surface area contributed by atoms with Crippen LogP contribution in [0.3, 0.4) is 0 Å². The van der Waals surface area contributed by atoms with E-state index in [2.05, 4.69) is 6.07 Å². The van der Waals surface area contributed by atoms with Crippen LogP contribution in [0.2, 0.25) is 0 Å². The van der Waals surface area contributed by atoms with Gasteiger partial charge in [0.05, 0.1) is 22.0 Å². The van der Waals surface area contributed by atoms with Crippen LogP contribution < -0.4 is 4.90 Å². The van der Waals surface area contributed by atoms with Crippen LogP contribution in [0.1, 0.15) is 11.0 Å². The molecule has 59 heavy (non-hydrogen) atoms. The standard InChI is InChI=1S/C56H35NO2/c1-2-13-39-34-42(26-25-36(39)11-1)41-15-7-14-40(33-41)37-27-30-44(31-28-37)57(51-22-10-24-53-54(51)50-32-29-38-12-3-4-18-46(38)56(50)59-53)45-17-8-16-43(35-45)47-20-9-21-49-48-19-5-6-23-52(48)58-55(47)49/h1-35H/i8D,16D,17D,27D,28D,30D,31D,35D. The molecular weight excluding hydrogens is 719 g/mol. The van der Waals surface area contributed by atoms with Crippen molar-refractivity contribution in [1.29, 1.82) is 0 Å². The van der Waals surface area contributed by atoms with Crippen molar-refractivity contribution in [2.75, 3.05) is 4.90 Å². The second kappa shape index (κ2) is 13.4. The number of rotatable bonds is 6. The van der Waals surface area contributed by atoms with Crippen LogP contribution in [0.15, 0.2) is 221 Å². The first kappa shape index (κ1) is 26.1. The van der Waals surface area contributed by atoms with Crippen molar-refractivity contribution in [2.24, 2.45) is 0 Å². The fraction of sp³-hybridized carbons (Fsp3) is 0. The summed E-state index contributed by atoms with van der Waals surface area (Å²) in [5.41, 5.74) is 4.57. The first-order valence-electron chi connectivity index (χ1n) is 23.4. The molecule has 10 aromatic carbocycles. The number of nitrogens with zero attached hydrogens (tertiary/aromatic N) is 1. The van der Waals surface area contributed by atoms with Gasteiger partial charge in [0.15, 0.2) is 0 Å². The Hall–Kier alpha value is -7.88. The van der Waals surface area contributed by atoms with E-state index in [4.69, 9.17) is 8.83 Å². The lowest BCUT2D eigenvalue weighted by Crippen LogP contribution is -2.10. The van der Waals surface area contributed by atoms with Crippen molar-refractivity contribution >= 4 is 82.5 Å². The topological polar surface area (TPSA) is 29.5 Å². The van der Waals surface area contributed by atoms with Crippen LogP contribution in [0.25, 0.3) is 98.8 Å². The summed E-state index contributed by atoms with van der Waals surface area (Å²) >= 11 is 0. The van der Waals surface area contributed by atoms with Crippen molar-refractivity contribution in [3.8, 4) is 33.4 Å². The number of hydrogen-bond acceptors (Lipinski definition) is 3. The highest BCUT2D eigenvalue weighted by atomic mass is 16.3. The molecule has 0 unspecified atom stereocenters. The van der Waals surface area contributed by atoms with E-state index in [0.717, 1.165) is 43.4 Å². The third-order valence-electron chi connectivity index (χ3n) is 11.2. The molecule has 0 aliphatic heterocycles. The Morgan fingerprint density at radius 2 is 1.07 bits per heavy atom. The normalized spacial score (nSPS) is 13.6. The summed E-state index contributed by atoms with van der Waals surface area (Å²) in [4.78, 5) is 1.40. The maximum absolute atomic E-state index is 10.1. The van der Waals surface area contributed by atoms with Gasteiger partial charge in [-0.2, -0.15) is 0 Å². The number of furan rings is 2. The molecule has 0 N–H and O–H groups in total. The van der Waals surface area contributed by atoms with E-state index in [1.54, 1.807) is 36.4 Å². The molecule has 0 saturated carbocycles. The average Bonchev–Trinajstić information content (AvgIpc) is 3.94. The predicted molar refractivity (Wildman–Crippen MR) is 247 cm³/mol. The molecule has 0 atom stereocenters. The Balaban J connectivity index is 1.14. The quantitative estimate of drug-likeness (QED) is 0.169. The van der Waals surface area contributed by atoms with Gasteiger partial charge in [0.25, 0.3) is 0 Å². The second-order valence-corrected chi connectivity index (χ2v) is 14.6. The summed E-state index contributed by atoms with van der Waals surface area (Å²) in [6.45, 7) is 0. The number of para-hydroxylation sites is 2. The Morgan fingerprint density at radius 3 is 1.97 bits per heavy atom. The number of fused-ring (bicyclic) bond motifs is 9. The summed E-state index contributed by atoms with van der Waals surface area (Å²) in [5.74, 6) is 0. The van der Waals surface area contributed by atoms with Gasteiger partial charge in [-0.15, -0.1) is 0 Å². The summed E-state index contributed by atoms with van der Waals surface area (Å²) in [5, 5.41) is 6.74. The lowest BCUT2D eigenvalue weighted by atomic mass is 9.97. The van der Waals surface area contributed by atoms with Gasteiger partial charge in [-0.1, -0.05) is 152 Å². The van der Waals surface area contributed by atoms with Crippen LogP contribution in [0.4, 0.5) is 17.1 Å². The summed E-state index contributed by atoms with van der Waals surface area (Å²) in [6.07, 6.45) is 0. The molecule has 0 aliphatic carbocycles. The first-order valence-corrected chi connectivity index (χ1v) is 19.4. The highest BCUT2D eigenvalue weighted by molar-refractivity contribution is 6.19. The molecule has 276 valence electrons. The van der Waals surface area contributed by atoms with Crippen LogP contribution in [0, 0.1) is 0 Å². The van der Waals surface area contributed by atoms with E-state index >= 15 is 0 Å². The Morgan fingerprint density at radius 1 is 0.390 bits per heavy atom. The van der Waals surface area contributed by atoms with E-state index in [1.807, 2.05) is 121 Å². The van der Waals surface area contributed by atoms with E-state index in [0.29, 0.717) is 49.9 Å². The molecule has 3 heteroatoms. The molecule has 12 aromatic rings. The summed E-state index contributed by atoms with van der Waals surface area (Å²) in [7, 11) is 0. The smallest absolute Gasteiger partial charge is 0.143 e. The molecular formula is C56H35NO2. The Bertz CT molecular complexity index is 4030. The van der Waals surface area contributed by atoms with Gasteiger partial charge in [0.2, 0.25) is 0 Å². The van der Waals surface area contributed by atoms with Crippen LogP contribution in [-0.2, 0) is 0 Å². The lowest BCUT2D eigenvalue weighted by molar-refractivity contribution is 0.670. The molecule has 0 bridgehead atoms. The molecule has 0 radical (unpaired) electrons. The molecule has 0 fully saturated rings. The molecule has 0 aliphatic rings. The van der Waals surface area contributed by atoms with Crippen molar-refractivity contribution < 1.29 is 19.8 Å². The van der Waals surface area contributed by atoms with Crippen molar-refractivity contribution in [1.82, 2.24) is 0 Å². The zero-order chi connectivity index (χ0) is 45.8. The SMILES string of the molecule is [2H]c1c([2H])c(-c2cccc3c2oc2ccccc23)c([2H])c(N(c2c([2H])c([2H])c(-c3cccc(-c4ccc5ccccc5c4)c3)c([2H])c2[2H])c2cccc3oc4c5ccccc5ccc4c23)c1[2H]. The number of anilines is 3. The van der Waals surface area contributed by atoms with Crippen molar-refractivity contribution in [3.05, 3.63) is 212 Å². The Labute approximate surface area is 351 Å². The third kappa shape index (κ3) is 5.51. The Kier molecular flexibility index (Phi) is 5.92. The van der Waals surface area contributed by atoms with Gasteiger partial charge >= 0.3 is 0 Å². The molecule has 0 spiro atoms. The van der Waals surface area contributed by atoms with Crippen LogP contribution >= 0.6 is 0 Å². The zero-order valence-corrected chi connectivity index (χ0v) is 31.4. The molecule has 2 aromatic heterocycles. The van der Waals surface area contributed by atoms with Crippen molar-refractivity contribution in [3.63, 3.8) is 0 Å². The fourth-order valence-electron chi connectivity index (χ4n) is 8.38. The highest BCUT2D eigenvalue weighted by Gasteiger charge is 2.22. The minimum atomic E-state index is -0.505. The summed E-state index contributed by atoms with van der Waals surface area (Å²) in [6, 6.07) is 48.3. The van der Waals surface area contributed by atoms with Gasteiger partial charge in [0.1, 0.15) is 22.3 Å². The predicted octanol–water partition coefficient (Wildman–Crippen LogP) is 16.3. The monoisotopic (exact) mass is 761 g/mol. The van der Waals surface area contributed by atoms with Gasteiger partial charge in [0, 0.05) is 38.5 Å². The van der Waals surface area contributed by atoms with Gasteiger partial charge in [-0.25, -0.2) is 0 Å². The molecule has 0 saturated heterocycles. The van der Waals surface area contributed by atoms with Gasteiger partial charge in [-0.3, -0.25) is 0 Å². The number of hydrogen-bond donors (Lipinski definition) is 0. The van der Waals surface area contributed by atoms with E-state index < -0.39 is 24.2 Å². The van der Waals surface area contributed by atoms with Crippen LogP contribution in [0.5, 0.6) is 0 Å². The second-order valence-electron chi connectivity index (χ2n) is 14.6. The average molecular weight is 762 g/mol. The van der Waals surface area contributed by atoms with E-state index in [-0.39, 0.29) is 46.7 Å². The van der Waals surface area contributed by atoms with E-state index in [1.165, 1.54) is 4.90 Å². The van der Waals surface area contributed by atoms with Crippen LogP contribution in [-0.4, -0.2) is 0 Å². The summed E-state index contributed by atoms with van der Waals surface area (Å²) < 4.78 is 90.3. The minimum Gasteiger partial charge on any atom is -0.455 e. The zero-order valence-electron chi connectivity index (χ0n) is 39.4.